The molecule has 3 heterocycles. The number of benzene rings is 1. The summed E-state index contributed by atoms with van der Waals surface area (Å²) < 4.78 is 13.1. The molecule has 1 saturated heterocycles. The van der Waals surface area contributed by atoms with Crippen LogP contribution in [-0.4, -0.2) is 51.6 Å². The van der Waals surface area contributed by atoms with Gasteiger partial charge in [-0.05, 0) is 24.5 Å². The van der Waals surface area contributed by atoms with Gasteiger partial charge in [-0.1, -0.05) is 18.2 Å². The highest BCUT2D eigenvalue weighted by Crippen LogP contribution is 2.23. The number of aromatic nitrogens is 3. The second kappa shape index (κ2) is 7.88. The van der Waals surface area contributed by atoms with E-state index < -0.39 is 0 Å². The van der Waals surface area contributed by atoms with Crippen molar-refractivity contribution in [3.05, 3.63) is 48.3 Å². The molecule has 2 aromatic heterocycles. The van der Waals surface area contributed by atoms with E-state index in [2.05, 4.69) is 26.7 Å². The lowest BCUT2D eigenvalue weighted by Gasteiger charge is -2.32. The van der Waals surface area contributed by atoms with Gasteiger partial charge < -0.3 is 18.9 Å². The number of aryl methyl sites for hydroxylation is 1. The van der Waals surface area contributed by atoms with E-state index in [4.69, 9.17) is 9.47 Å². The zero-order chi connectivity index (χ0) is 19.5. The fourth-order valence-electron chi connectivity index (χ4n) is 3.76. The molecule has 1 aliphatic rings. The molecule has 0 spiro atoms. The Balaban J connectivity index is 1.43. The highest BCUT2D eigenvalue weighted by molar-refractivity contribution is 5.89. The lowest BCUT2D eigenvalue weighted by atomic mass is 10.1. The number of ether oxygens (including phenoxy) is 2. The van der Waals surface area contributed by atoms with Gasteiger partial charge in [0, 0.05) is 43.0 Å². The number of rotatable bonds is 5. The Morgan fingerprint density at radius 3 is 3.00 bits per heavy atom. The molecule has 146 valence electrons. The van der Waals surface area contributed by atoms with Crippen molar-refractivity contribution < 1.29 is 14.3 Å². The van der Waals surface area contributed by atoms with Crippen LogP contribution in [0.1, 0.15) is 18.4 Å². The maximum absolute atomic E-state index is 12.9. The predicted octanol–water partition coefficient (Wildman–Crippen LogP) is 2.59. The monoisotopic (exact) mass is 380 g/mol. The molecule has 1 aliphatic heterocycles. The van der Waals surface area contributed by atoms with Crippen LogP contribution in [0.2, 0.25) is 0 Å². The molecule has 1 aromatic carbocycles. The molecular formula is C21H24N4O3. The van der Waals surface area contributed by atoms with Crippen LogP contribution in [0.3, 0.4) is 0 Å². The lowest BCUT2D eigenvalue weighted by molar-refractivity contribution is -0.133. The summed E-state index contributed by atoms with van der Waals surface area (Å²) in [6.07, 6.45) is 5.78. The first kappa shape index (κ1) is 18.3. The third-order valence-corrected chi connectivity index (χ3v) is 5.13. The normalized spacial score (nSPS) is 16.9. The number of nitrogens with zero attached hydrogens (tertiary/aromatic N) is 4. The molecule has 0 radical (unpaired) electrons. The number of hydrogen-bond acceptors (Lipinski definition) is 5. The fraction of sp³-hybridized carbons (Fsp3) is 0.381. The van der Waals surface area contributed by atoms with E-state index in [1.54, 1.807) is 12.3 Å². The second-order valence-corrected chi connectivity index (χ2v) is 7.06. The Bertz CT molecular complexity index is 985. The number of likely N-dealkylation sites (tertiary alicyclic amines) is 1. The summed E-state index contributed by atoms with van der Waals surface area (Å²) in [7, 11) is 3.53. The number of amides is 1. The average molecular weight is 380 g/mol. The van der Waals surface area contributed by atoms with E-state index in [9.17, 15) is 4.79 Å². The predicted molar refractivity (Wildman–Crippen MR) is 105 cm³/mol. The van der Waals surface area contributed by atoms with E-state index in [0.717, 1.165) is 35.9 Å². The Labute approximate surface area is 163 Å². The minimum atomic E-state index is -0.0789. The molecule has 0 saturated carbocycles. The van der Waals surface area contributed by atoms with Gasteiger partial charge in [-0.15, -0.1) is 0 Å². The van der Waals surface area contributed by atoms with Crippen LogP contribution >= 0.6 is 0 Å². The first-order valence-electron chi connectivity index (χ1n) is 9.48. The average Bonchev–Trinajstić information content (AvgIpc) is 3.04. The number of methoxy groups -OCH3 is 1. The molecule has 0 N–H and O–H groups in total. The number of para-hydroxylation sites is 1. The topological polar surface area (TPSA) is 69.5 Å². The molecule has 0 aliphatic carbocycles. The third kappa shape index (κ3) is 3.78. The first-order chi connectivity index (χ1) is 13.6. The summed E-state index contributed by atoms with van der Waals surface area (Å²) in [6.45, 7) is 1.33. The van der Waals surface area contributed by atoms with Gasteiger partial charge in [0.05, 0.1) is 20.1 Å². The summed E-state index contributed by atoms with van der Waals surface area (Å²) in [5.41, 5.74) is 2.20. The maximum atomic E-state index is 12.9. The van der Waals surface area contributed by atoms with Crippen molar-refractivity contribution in [2.24, 2.45) is 7.05 Å². The van der Waals surface area contributed by atoms with Crippen molar-refractivity contribution in [1.82, 2.24) is 19.4 Å². The summed E-state index contributed by atoms with van der Waals surface area (Å²) in [5, 5.41) is 1.14. The molecule has 1 amide bonds. The number of hydrogen-bond donors (Lipinski definition) is 0. The Kier molecular flexibility index (Phi) is 5.14. The number of piperidine rings is 1. The molecule has 3 aromatic rings. The van der Waals surface area contributed by atoms with Crippen LogP contribution < -0.4 is 9.47 Å². The molecule has 1 atom stereocenters. The maximum Gasteiger partial charge on any atom is 0.319 e. The van der Waals surface area contributed by atoms with Crippen molar-refractivity contribution in [2.45, 2.75) is 25.4 Å². The standard InChI is InChI=1S/C21H24N4O3/c1-24-13-15(17-7-3-4-8-18(17)24)12-20(26)25-11-5-6-16(14-25)28-19-9-10-22-21(23-19)27-2/h3-4,7-10,13,16H,5-6,11-12,14H2,1-2H3. The molecule has 7 nitrogen and oxygen atoms in total. The van der Waals surface area contributed by atoms with E-state index in [1.165, 1.54) is 7.11 Å². The first-order valence-corrected chi connectivity index (χ1v) is 9.48. The van der Waals surface area contributed by atoms with Crippen LogP contribution in [0, 0.1) is 0 Å². The van der Waals surface area contributed by atoms with Gasteiger partial charge in [-0.25, -0.2) is 4.98 Å². The zero-order valence-corrected chi connectivity index (χ0v) is 16.2. The van der Waals surface area contributed by atoms with Gasteiger partial charge in [-0.3, -0.25) is 4.79 Å². The van der Waals surface area contributed by atoms with Gasteiger partial charge in [0.2, 0.25) is 11.8 Å². The lowest BCUT2D eigenvalue weighted by Crippen LogP contribution is -2.45. The number of fused-ring (bicyclic) bond motifs is 1. The SMILES string of the molecule is COc1nccc(OC2CCCN(C(=O)Cc3cn(C)c4ccccc34)C2)n1. The van der Waals surface area contributed by atoms with E-state index >= 15 is 0 Å². The molecule has 4 rings (SSSR count). The van der Waals surface area contributed by atoms with Crippen molar-refractivity contribution in [3.8, 4) is 11.9 Å². The van der Waals surface area contributed by atoms with Crippen LogP contribution in [0.15, 0.2) is 42.7 Å². The smallest absolute Gasteiger partial charge is 0.319 e. The minimum Gasteiger partial charge on any atom is -0.472 e. The van der Waals surface area contributed by atoms with Crippen molar-refractivity contribution >= 4 is 16.8 Å². The second-order valence-electron chi connectivity index (χ2n) is 7.06. The van der Waals surface area contributed by atoms with Gasteiger partial charge in [0.25, 0.3) is 0 Å². The molecule has 28 heavy (non-hydrogen) atoms. The van der Waals surface area contributed by atoms with Crippen molar-refractivity contribution in [2.75, 3.05) is 20.2 Å². The van der Waals surface area contributed by atoms with Gasteiger partial charge in [-0.2, -0.15) is 4.98 Å². The summed E-state index contributed by atoms with van der Waals surface area (Å²) >= 11 is 0. The molecule has 1 fully saturated rings. The largest absolute Gasteiger partial charge is 0.472 e. The van der Waals surface area contributed by atoms with Crippen molar-refractivity contribution in [3.63, 3.8) is 0 Å². The molecule has 1 unspecified atom stereocenters. The van der Waals surface area contributed by atoms with E-state index in [0.29, 0.717) is 18.8 Å². The zero-order valence-electron chi connectivity index (χ0n) is 16.2. The molecule has 7 heteroatoms. The van der Waals surface area contributed by atoms with E-state index in [1.807, 2.05) is 30.3 Å². The summed E-state index contributed by atoms with van der Waals surface area (Å²) in [5.74, 6) is 0.602. The number of carbonyl (C=O) groups excluding carboxylic acids is 1. The van der Waals surface area contributed by atoms with Crippen LogP contribution in [0.5, 0.6) is 11.9 Å². The van der Waals surface area contributed by atoms with Crippen LogP contribution in [0.25, 0.3) is 10.9 Å². The summed E-state index contributed by atoms with van der Waals surface area (Å²) in [6, 6.07) is 10.2. The van der Waals surface area contributed by atoms with Gasteiger partial charge in [0.1, 0.15) is 6.10 Å². The number of carbonyl (C=O) groups is 1. The molecule has 0 bridgehead atoms. The highest BCUT2D eigenvalue weighted by Gasteiger charge is 2.26. The van der Waals surface area contributed by atoms with Crippen LogP contribution in [0.4, 0.5) is 0 Å². The van der Waals surface area contributed by atoms with Gasteiger partial charge >= 0.3 is 6.01 Å². The Morgan fingerprint density at radius 2 is 2.14 bits per heavy atom. The third-order valence-electron chi connectivity index (χ3n) is 5.13. The van der Waals surface area contributed by atoms with Crippen LogP contribution in [-0.2, 0) is 18.3 Å². The Hall–Kier alpha value is -3.09. The van der Waals surface area contributed by atoms with Crippen molar-refractivity contribution in [1.29, 1.82) is 0 Å². The highest BCUT2D eigenvalue weighted by atomic mass is 16.5. The van der Waals surface area contributed by atoms with Gasteiger partial charge in [0.15, 0.2) is 0 Å². The quantitative estimate of drug-likeness (QED) is 0.680. The fourth-order valence-corrected chi connectivity index (χ4v) is 3.76. The summed E-state index contributed by atoms with van der Waals surface area (Å²) in [4.78, 5) is 23.0. The Morgan fingerprint density at radius 1 is 1.29 bits per heavy atom. The molecular weight excluding hydrogens is 356 g/mol. The van der Waals surface area contributed by atoms with E-state index in [-0.39, 0.29) is 18.0 Å². The minimum absolute atomic E-state index is 0.0789.